The molecule has 1 unspecified atom stereocenters. The highest BCUT2D eigenvalue weighted by Gasteiger charge is 2.14. The maximum absolute atomic E-state index is 12.4. The molecule has 0 fully saturated rings. The Morgan fingerprint density at radius 3 is 2.69 bits per heavy atom. The zero-order valence-electron chi connectivity index (χ0n) is 14.9. The fourth-order valence-corrected chi connectivity index (χ4v) is 2.65. The third-order valence-corrected chi connectivity index (χ3v) is 4.20. The number of nitrogens with zero attached hydrogens (tertiary/aromatic N) is 2. The third kappa shape index (κ3) is 4.40. The van der Waals surface area contributed by atoms with Crippen molar-refractivity contribution in [3.63, 3.8) is 0 Å². The molecule has 0 radical (unpaired) electrons. The number of carbonyl (C=O) groups excluding carboxylic acids is 1. The summed E-state index contributed by atoms with van der Waals surface area (Å²) in [5.41, 5.74) is 7.37. The molecule has 0 bridgehead atoms. The SMILES string of the molecule is CC(CN)CNC(=O)Cn1c(COc2ccccc2)nc2ccccc21. The normalized spacial score (nSPS) is 12.1. The van der Waals surface area contributed by atoms with Crippen LogP contribution in [0.4, 0.5) is 0 Å². The van der Waals surface area contributed by atoms with Crippen molar-refractivity contribution >= 4 is 16.9 Å². The molecular weight excluding hydrogens is 328 g/mol. The van der Waals surface area contributed by atoms with E-state index in [1.54, 1.807) is 0 Å². The summed E-state index contributed by atoms with van der Waals surface area (Å²) in [6.07, 6.45) is 0. The van der Waals surface area contributed by atoms with Crippen LogP contribution in [0.1, 0.15) is 12.7 Å². The number of aromatic nitrogens is 2. The zero-order chi connectivity index (χ0) is 18.4. The second-order valence-electron chi connectivity index (χ2n) is 6.35. The van der Waals surface area contributed by atoms with E-state index in [0.29, 0.717) is 19.7 Å². The van der Waals surface area contributed by atoms with Crippen molar-refractivity contribution in [2.24, 2.45) is 11.7 Å². The molecule has 6 heteroatoms. The molecule has 1 heterocycles. The van der Waals surface area contributed by atoms with E-state index in [2.05, 4.69) is 10.3 Å². The van der Waals surface area contributed by atoms with Crippen LogP contribution in [0.2, 0.25) is 0 Å². The molecule has 0 aliphatic carbocycles. The molecule has 3 aromatic rings. The Balaban J connectivity index is 1.77. The molecular formula is C20H24N4O2. The molecule has 0 spiro atoms. The van der Waals surface area contributed by atoms with Crippen LogP contribution >= 0.6 is 0 Å². The summed E-state index contributed by atoms with van der Waals surface area (Å²) in [6, 6.07) is 17.4. The number of ether oxygens (including phenoxy) is 1. The lowest BCUT2D eigenvalue weighted by atomic mass is 10.2. The Labute approximate surface area is 153 Å². The topological polar surface area (TPSA) is 82.2 Å². The van der Waals surface area contributed by atoms with Gasteiger partial charge in [-0.15, -0.1) is 0 Å². The first kappa shape index (κ1) is 17.9. The quantitative estimate of drug-likeness (QED) is 0.652. The van der Waals surface area contributed by atoms with Crippen LogP contribution in [0.25, 0.3) is 11.0 Å². The van der Waals surface area contributed by atoms with Gasteiger partial charge in [0.1, 0.15) is 24.7 Å². The monoisotopic (exact) mass is 352 g/mol. The van der Waals surface area contributed by atoms with Crippen molar-refractivity contribution in [2.75, 3.05) is 13.1 Å². The molecule has 0 aliphatic rings. The van der Waals surface area contributed by atoms with Gasteiger partial charge in [-0.3, -0.25) is 4.79 Å². The Morgan fingerprint density at radius 1 is 1.19 bits per heavy atom. The lowest BCUT2D eigenvalue weighted by molar-refractivity contribution is -0.121. The number of imidazole rings is 1. The molecule has 1 atom stereocenters. The van der Waals surface area contributed by atoms with Crippen molar-refractivity contribution < 1.29 is 9.53 Å². The summed E-state index contributed by atoms with van der Waals surface area (Å²) in [4.78, 5) is 17.0. The second kappa shape index (κ2) is 8.49. The summed E-state index contributed by atoms with van der Waals surface area (Å²) >= 11 is 0. The first-order chi connectivity index (χ1) is 12.7. The largest absolute Gasteiger partial charge is 0.486 e. The fraction of sp³-hybridized carbons (Fsp3) is 0.300. The lowest BCUT2D eigenvalue weighted by Gasteiger charge is -2.13. The lowest BCUT2D eigenvalue weighted by Crippen LogP contribution is -2.34. The van der Waals surface area contributed by atoms with Crippen LogP contribution in [0.5, 0.6) is 5.75 Å². The predicted molar refractivity (Wildman–Crippen MR) is 102 cm³/mol. The molecule has 1 aromatic heterocycles. The van der Waals surface area contributed by atoms with Gasteiger partial charge in [-0.2, -0.15) is 0 Å². The van der Waals surface area contributed by atoms with Gasteiger partial charge in [-0.25, -0.2) is 4.98 Å². The molecule has 2 aromatic carbocycles. The molecule has 0 saturated carbocycles. The van der Waals surface area contributed by atoms with Crippen LogP contribution in [-0.4, -0.2) is 28.5 Å². The van der Waals surface area contributed by atoms with E-state index in [-0.39, 0.29) is 18.4 Å². The van der Waals surface area contributed by atoms with E-state index in [9.17, 15) is 4.79 Å². The molecule has 136 valence electrons. The Hall–Kier alpha value is -2.86. The Morgan fingerprint density at radius 2 is 1.92 bits per heavy atom. The van der Waals surface area contributed by atoms with Crippen LogP contribution < -0.4 is 15.8 Å². The molecule has 0 aliphatic heterocycles. The van der Waals surface area contributed by atoms with E-state index >= 15 is 0 Å². The number of amides is 1. The number of nitrogens with two attached hydrogens (primary N) is 1. The summed E-state index contributed by atoms with van der Waals surface area (Å²) in [7, 11) is 0. The van der Waals surface area contributed by atoms with Gasteiger partial charge in [0.05, 0.1) is 11.0 Å². The number of nitrogens with one attached hydrogen (secondary N) is 1. The first-order valence-electron chi connectivity index (χ1n) is 8.76. The van der Waals surface area contributed by atoms with Crippen molar-refractivity contribution in [2.45, 2.75) is 20.1 Å². The minimum Gasteiger partial charge on any atom is -0.486 e. The highest BCUT2D eigenvalue weighted by atomic mass is 16.5. The van der Waals surface area contributed by atoms with E-state index in [0.717, 1.165) is 22.6 Å². The summed E-state index contributed by atoms with van der Waals surface area (Å²) in [6.45, 7) is 3.62. The van der Waals surface area contributed by atoms with Crippen molar-refractivity contribution in [3.8, 4) is 5.75 Å². The molecule has 1 amide bonds. The molecule has 6 nitrogen and oxygen atoms in total. The van der Waals surface area contributed by atoms with E-state index in [4.69, 9.17) is 10.5 Å². The molecule has 3 rings (SSSR count). The minimum absolute atomic E-state index is 0.0607. The first-order valence-corrected chi connectivity index (χ1v) is 8.76. The Bertz CT molecular complexity index is 861. The van der Waals surface area contributed by atoms with Crippen LogP contribution in [0, 0.1) is 5.92 Å². The maximum Gasteiger partial charge on any atom is 0.240 e. The number of para-hydroxylation sites is 3. The van der Waals surface area contributed by atoms with Crippen molar-refractivity contribution in [3.05, 3.63) is 60.4 Å². The van der Waals surface area contributed by atoms with Gasteiger partial charge in [-0.1, -0.05) is 37.3 Å². The van der Waals surface area contributed by atoms with Gasteiger partial charge >= 0.3 is 0 Å². The predicted octanol–water partition coefficient (Wildman–Crippen LogP) is 2.33. The number of rotatable bonds is 8. The van der Waals surface area contributed by atoms with Gasteiger partial charge in [0.2, 0.25) is 5.91 Å². The minimum atomic E-state index is -0.0607. The van der Waals surface area contributed by atoms with Crippen LogP contribution in [0.3, 0.4) is 0 Å². The summed E-state index contributed by atoms with van der Waals surface area (Å²) in [5.74, 6) is 1.68. The number of fused-ring (bicyclic) bond motifs is 1. The van der Waals surface area contributed by atoms with Gasteiger partial charge in [0.15, 0.2) is 0 Å². The molecule has 3 N–H and O–H groups in total. The van der Waals surface area contributed by atoms with Crippen molar-refractivity contribution in [1.82, 2.24) is 14.9 Å². The standard InChI is InChI=1S/C20H24N4O2/c1-15(11-21)12-22-20(25)13-24-18-10-6-5-9-17(18)23-19(24)14-26-16-7-3-2-4-8-16/h2-10,15H,11-14,21H2,1H3,(H,22,25). The zero-order valence-corrected chi connectivity index (χ0v) is 14.9. The smallest absolute Gasteiger partial charge is 0.240 e. The maximum atomic E-state index is 12.4. The third-order valence-electron chi connectivity index (χ3n) is 4.20. The van der Waals surface area contributed by atoms with E-state index in [1.807, 2.05) is 66.1 Å². The average Bonchev–Trinajstić information content (AvgIpc) is 3.02. The summed E-state index contributed by atoms with van der Waals surface area (Å²) < 4.78 is 7.73. The van der Waals surface area contributed by atoms with Gasteiger partial charge in [0.25, 0.3) is 0 Å². The fourth-order valence-electron chi connectivity index (χ4n) is 2.65. The van der Waals surface area contributed by atoms with Gasteiger partial charge < -0.3 is 20.4 Å². The van der Waals surface area contributed by atoms with Crippen LogP contribution in [-0.2, 0) is 17.9 Å². The second-order valence-corrected chi connectivity index (χ2v) is 6.35. The number of hydrogen-bond acceptors (Lipinski definition) is 4. The van der Waals surface area contributed by atoms with Crippen molar-refractivity contribution in [1.29, 1.82) is 0 Å². The average molecular weight is 352 g/mol. The highest BCUT2D eigenvalue weighted by molar-refractivity contribution is 5.81. The number of carbonyl (C=O) groups is 1. The van der Waals surface area contributed by atoms with Gasteiger partial charge in [0, 0.05) is 6.54 Å². The van der Waals surface area contributed by atoms with E-state index in [1.165, 1.54) is 0 Å². The highest BCUT2D eigenvalue weighted by Crippen LogP contribution is 2.18. The number of hydrogen-bond donors (Lipinski definition) is 2. The number of benzene rings is 2. The van der Waals surface area contributed by atoms with Gasteiger partial charge in [-0.05, 0) is 36.7 Å². The molecule has 0 saturated heterocycles. The Kier molecular flexibility index (Phi) is 5.86. The summed E-state index contributed by atoms with van der Waals surface area (Å²) in [5, 5.41) is 2.93. The molecule has 26 heavy (non-hydrogen) atoms. The van der Waals surface area contributed by atoms with Crippen LogP contribution in [0.15, 0.2) is 54.6 Å². The van der Waals surface area contributed by atoms with E-state index < -0.39 is 0 Å².